The molecule has 0 bridgehead atoms. The van der Waals surface area contributed by atoms with Gasteiger partial charge in [0.1, 0.15) is 27.9 Å². The molecule has 0 radical (unpaired) electrons. The van der Waals surface area contributed by atoms with Crippen molar-refractivity contribution in [3.63, 3.8) is 0 Å². The molecule has 0 aliphatic rings. The standard InChI is InChI=1S/C22H13ClN2O5S/c23-15-7-3-2-6-14(15)19-11-18(27)21-17(26)10-9-16(22(21)30-19)25-31(28,29)20-8-4-1-5-13(20)12-24/h1-11,25-26H. The molecule has 154 valence electrons. The van der Waals surface area contributed by atoms with Crippen LogP contribution >= 0.6 is 11.6 Å². The predicted molar refractivity (Wildman–Crippen MR) is 117 cm³/mol. The molecule has 0 fully saturated rings. The van der Waals surface area contributed by atoms with Gasteiger partial charge in [-0.3, -0.25) is 9.52 Å². The molecular weight excluding hydrogens is 440 g/mol. The number of hydrogen-bond donors (Lipinski definition) is 2. The zero-order valence-electron chi connectivity index (χ0n) is 15.7. The zero-order valence-corrected chi connectivity index (χ0v) is 17.2. The summed E-state index contributed by atoms with van der Waals surface area (Å²) in [5, 5.41) is 19.6. The molecule has 0 saturated carbocycles. The van der Waals surface area contributed by atoms with Gasteiger partial charge in [-0.05, 0) is 36.4 Å². The maximum atomic E-state index is 12.9. The lowest BCUT2D eigenvalue weighted by atomic mass is 10.1. The molecule has 7 nitrogen and oxygen atoms in total. The molecule has 0 spiro atoms. The normalized spacial score (nSPS) is 11.2. The number of phenolic OH excluding ortho intramolecular Hbond substituents is 1. The van der Waals surface area contributed by atoms with Gasteiger partial charge in [-0.2, -0.15) is 5.26 Å². The van der Waals surface area contributed by atoms with Crippen LogP contribution in [0.25, 0.3) is 22.3 Å². The number of hydrogen-bond acceptors (Lipinski definition) is 6. The lowest BCUT2D eigenvalue weighted by molar-refractivity contribution is 0.480. The van der Waals surface area contributed by atoms with Crippen molar-refractivity contribution in [1.29, 1.82) is 5.26 Å². The van der Waals surface area contributed by atoms with Crippen molar-refractivity contribution >= 4 is 38.3 Å². The van der Waals surface area contributed by atoms with Crippen LogP contribution in [0.3, 0.4) is 0 Å². The van der Waals surface area contributed by atoms with Crippen LogP contribution in [0.2, 0.25) is 5.02 Å². The molecule has 2 N–H and O–H groups in total. The predicted octanol–water partition coefficient (Wildman–Crippen LogP) is 4.49. The summed E-state index contributed by atoms with van der Waals surface area (Å²) in [5.41, 5.74) is -0.439. The molecule has 4 aromatic rings. The summed E-state index contributed by atoms with van der Waals surface area (Å²) in [6.45, 7) is 0. The fourth-order valence-corrected chi connectivity index (χ4v) is 4.56. The largest absolute Gasteiger partial charge is 0.507 e. The molecule has 0 aliphatic carbocycles. The highest BCUT2D eigenvalue weighted by molar-refractivity contribution is 7.92. The number of anilines is 1. The SMILES string of the molecule is N#Cc1ccccc1S(=O)(=O)Nc1ccc(O)c2c(=O)cc(-c3ccccc3Cl)oc12. The molecule has 1 aromatic heterocycles. The second-order valence-electron chi connectivity index (χ2n) is 6.50. The fourth-order valence-electron chi connectivity index (χ4n) is 3.11. The van der Waals surface area contributed by atoms with Crippen molar-refractivity contribution in [2.75, 3.05) is 4.72 Å². The third-order valence-corrected chi connectivity index (χ3v) is 6.29. The average Bonchev–Trinajstić information content (AvgIpc) is 2.75. The average molecular weight is 453 g/mol. The summed E-state index contributed by atoms with van der Waals surface area (Å²) in [4.78, 5) is 12.5. The lowest BCUT2D eigenvalue weighted by Crippen LogP contribution is -2.15. The summed E-state index contributed by atoms with van der Waals surface area (Å²) in [6, 6.07) is 17.8. The van der Waals surface area contributed by atoms with E-state index in [9.17, 15) is 23.6 Å². The van der Waals surface area contributed by atoms with Gasteiger partial charge in [0.05, 0.1) is 16.3 Å². The van der Waals surface area contributed by atoms with Crippen LogP contribution in [-0.2, 0) is 10.0 Å². The Hall–Kier alpha value is -3.80. The quantitative estimate of drug-likeness (QED) is 0.440. The van der Waals surface area contributed by atoms with Gasteiger partial charge in [0.25, 0.3) is 10.0 Å². The van der Waals surface area contributed by atoms with Gasteiger partial charge in [0.15, 0.2) is 11.0 Å². The van der Waals surface area contributed by atoms with E-state index in [0.29, 0.717) is 10.6 Å². The van der Waals surface area contributed by atoms with Gasteiger partial charge < -0.3 is 9.52 Å². The lowest BCUT2D eigenvalue weighted by Gasteiger charge is -2.13. The summed E-state index contributed by atoms with van der Waals surface area (Å²) in [5.74, 6) is -0.263. The van der Waals surface area contributed by atoms with Gasteiger partial charge in [0, 0.05) is 11.6 Å². The highest BCUT2D eigenvalue weighted by Crippen LogP contribution is 2.35. The summed E-state index contributed by atoms with van der Waals surface area (Å²) in [7, 11) is -4.20. The molecule has 0 aliphatic heterocycles. The first-order chi connectivity index (χ1) is 14.8. The number of fused-ring (bicyclic) bond motifs is 1. The monoisotopic (exact) mass is 452 g/mol. The minimum Gasteiger partial charge on any atom is -0.507 e. The molecular formula is C22H13ClN2O5S. The Morgan fingerprint density at radius 3 is 2.48 bits per heavy atom. The maximum absolute atomic E-state index is 12.9. The van der Waals surface area contributed by atoms with Crippen LogP contribution in [0, 0.1) is 11.3 Å². The van der Waals surface area contributed by atoms with E-state index >= 15 is 0 Å². The summed E-state index contributed by atoms with van der Waals surface area (Å²) < 4.78 is 34.0. The van der Waals surface area contributed by atoms with E-state index in [1.165, 1.54) is 36.4 Å². The van der Waals surface area contributed by atoms with E-state index in [1.54, 1.807) is 30.3 Å². The van der Waals surface area contributed by atoms with Crippen molar-refractivity contribution in [3.05, 3.63) is 87.5 Å². The third-order valence-electron chi connectivity index (χ3n) is 4.54. The van der Waals surface area contributed by atoms with Gasteiger partial charge in [-0.1, -0.05) is 35.9 Å². The topological polar surface area (TPSA) is 120 Å². The highest BCUT2D eigenvalue weighted by atomic mass is 35.5. The molecule has 3 aromatic carbocycles. The van der Waals surface area contributed by atoms with Gasteiger partial charge in [0.2, 0.25) is 0 Å². The number of nitrogens with zero attached hydrogens (tertiary/aromatic N) is 1. The summed E-state index contributed by atoms with van der Waals surface area (Å²) in [6.07, 6.45) is 0. The van der Waals surface area contributed by atoms with Crippen molar-refractivity contribution in [2.45, 2.75) is 4.90 Å². The highest BCUT2D eigenvalue weighted by Gasteiger charge is 2.22. The van der Waals surface area contributed by atoms with E-state index < -0.39 is 15.5 Å². The molecule has 0 unspecified atom stereocenters. The molecule has 4 rings (SSSR count). The van der Waals surface area contributed by atoms with Crippen LogP contribution in [0.15, 0.2) is 80.8 Å². The van der Waals surface area contributed by atoms with E-state index in [4.69, 9.17) is 16.0 Å². The van der Waals surface area contributed by atoms with E-state index in [0.717, 1.165) is 0 Å². The van der Waals surface area contributed by atoms with E-state index in [-0.39, 0.29) is 38.6 Å². The van der Waals surface area contributed by atoms with Crippen molar-refractivity contribution < 1.29 is 17.9 Å². The number of benzene rings is 3. The van der Waals surface area contributed by atoms with E-state index in [2.05, 4.69) is 4.72 Å². The minimum absolute atomic E-state index is 0.0451. The maximum Gasteiger partial charge on any atom is 0.263 e. The molecule has 0 amide bonds. The second kappa shape index (κ2) is 7.80. The van der Waals surface area contributed by atoms with Crippen LogP contribution in [0.5, 0.6) is 5.75 Å². The van der Waals surface area contributed by atoms with Crippen LogP contribution in [-0.4, -0.2) is 13.5 Å². The van der Waals surface area contributed by atoms with Crippen LogP contribution in [0.4, 0.5) is 5.69 Å². The number of sulfonamides is 1. The Labute approximate surface area is 181 Å². The van der Waals surface area contributed by atoms with Crippen molar-refractivity contribution in [3.8, 4) is 23.1 Å². The van der Waals surface area contributed by atoms with Gasteiger partial charge in [-0.15, -0.1) is 0 Å². The van der Waals surface area contributed by atoms with Gasteiger partial charge in [-0.25, -0.2) is 8.42 Å². The molecule has 31 heavy (non-hydrogen) atoms. The van der Waals surface area contributed by atoms with Crippen molar-refractivity contribution in [2.24, 2.45) is 0 Å². The van der Waals surface area contributed by atoms with Gasteiger partial charge >= 0.3 is 0 Å². The number of halogens is 1. The van der Waals surface area contributed by atoms with E-state index in [1.807, 2.05) is 6.07 Å². The minimum atomic E-state index is -4.20. The Morgan fingerprint density at radius 2 is 1.74 bits per heavy atom. The Kier molecular flexibility index (Phi) is 5.15. The Balaban J connectivity index is 1.93. The first-order valence-corrected chi connectivity index (χ1v) is 10.7. The number of rotatable bonds is 4. The number of phenols is 1. The smallest absolute Gasteiger partial charge is 0.263 e. The summed E-state index contributed by atoms with van der Waals surface area (Å²) >= 11 is 6.20. The first-order valence-electron chi connectivity index (χ1n) is 8.88. The molecule has 0 atom stereocenters. The molecule has 0 saturated heterocycles. The van der Waals surface area contributed by atoms with Crippen molar-refractivity contribution in [1.82, 2.24) is 0 Å². The molecule has 1 heterocycles. The first kappa shape index (κ1) is 20.5. The zero-order chi connectivity index (χ0) is 22.2. The Morgan fingerprint density at radius 1 is 1.03 bits per heavy atom. The fraction of sp³-hybridized carbons (Fsp3) is 0. The molecule has 9 heteroatoms. The number of nitrogens with one attached hydrogen (secondary N) is 1. The number of aromatic hydroxyl groups is 1. The third kappa shape index (κ3) is 3.72. The number of nitriles is 1. The van der Waals surface area contributed by atoms with Crippen LogP contribution < -0.4 is 10.2 Å². The Bertz CT molecular complexity index is 1540. The second-order valence-corrected chi connectivity index (χ2v) is 8.56. The van der Waals surface area contributed by atoms with Crippen LogP contribution in [0.1, 0.15) is 5.56 Å².